The molecule has 0 atom stereocenters. The van der Waals surface area contributed by atoms with Gasteiger partial charge in [-0.2, -0.15) is 0 Å². The van der Waals surface area contributed by atoms with Crippen molar-refractivity contribution >= 4 is 23.3 Å². The van der Waals surface area contributed by atoms with Crippen LogP contribution in [0.2, 0.25) is 0 Å². The number of nitrogens with two attached hydrogens (primary N) is 2. The van der Waals surface area contributed by atoms with Crippen molar-refractivity contribution in [3.63, 3.8) is 0 Å². The molecular formula is C20H24N2O4. The summed E-state index contributed by atoms with van der Waals surface area (Å²) in [7, 11) is 0. The monoisotopic (exact) mass is 356 g/mol. The van der Waals surface area contributed by atoms with Crippen LogP contribution in [-0.2, 0) is 12.8 Å². The topological polar surface area (TPSA) is 127 Å². The van der Waals surface area contributed by atoms with Gasteiger partial charge in [0.05, 0.1) is 11.1 Å². The number of carboxylic acids is 2. The van der Waals surface area contributed by atoms with Crippen LogP contribution in [0.25, 0.3) is 0 Å². The third kappa shape index (κ3) is 5.24. The van der Waals surface area contributed by atoms with Gasteiger partial charge in [-0.25, -0.2) is 9.59 Å². The van der Waals surface area contributed by atoms with Crippen molar-refractivity contribution in [1.82, 2.24) is 0 Å². The summed E-state index contributed by atoms with van der Waals surface area (Å²) in [5, 5.41) is 18.4. The molecule has 0 aliphatic rings. The van der Waals surface area contributed by atoms with Crippen LogP contribution in [0, 0.1) is 0 Å². The molecule has 0 bridgehead atoms. The largest absolute Gasteiger partial charge is 0.478 e. The molecule has 6 nitrogen and oxygen atoms in total. The highest BCUT2D eigenvalue weighted by molar-refractivity contribution is 5.90. The quantitative estimate of drug-likeness (QED) is 0.402. The fourth-order valence-electron chi connectivity index (χ4n) is 3.04. The summed E-state index contributed by atoms with van der Waals surface area (Å²) < 4.78 is 0. The lowest BCUT2D eigenvalue weighted by Gasteiger charge is -2.09. The number of nitrogen functional groups attached to an aromatic ring is 2. The first kappa shape index (κ1) is 19.3. The summed E-state index contributed by atoms with van der Waals surface area (Å²) in [5.74, 6) is -1.88. The lowest BCUT2D eigenvalue weighted by molar-refractivity contribution is 0.0684. The van der Waals surface area contributed by atoms with Crippen molar-refractivity contribution in [1.29, 1.82) is 0 Å². The molecule has 2 rings (SSSR count). The van der Waals surface area contributed by atoms with E-state index in [1.807, 2.05) is 0 Å². The molecule has 0 amide bonds. The van der Waals surface area contributed by atoms with E-state index in [4.69, 9.17) is 11.5 Å². The second kappa shape index (κ2) is 8.89. The summed E-state index contributed by atoms with van der Waals surface area (Å²) in [6.07, 6.45) is 4.88. The minimum absolute atomic E-state index is 0.296. The first-order valence-electron chi connectivity index (χ1n) is 8.62. The van der Waals surface area contributed by atoms with Gasteiger partial charge in [0, 0.05) is 11.4 Å². The van der Waals surface area contributed by atoms with Gasteiger partial charge in [0.1, 0.15) is 0 Å². The average molecular weight is 356 g/mol. The maximum absolute atomic E-state index is 11.2. The summed E-state index contributed by atoms with van der Waals surface area (Å²) >= 11 is 0. The second-order valence-electron chi connectivity index (χ2n) is 6.36. The molecule has 0 radical (unpaired) electrons. The third-order valence-corrected chi connectivity index (χ3v) is 4.36. The molecule has 0 aliphatic carbocycles. The Hall–Kier alpha value is -3.02. The highest BCUT2D eigenvalue weighted by atomic mass is 16.4. The molecule has 0 aromatic heterocycles. The molecule has 6 heteroatoms. The Morgan fingerprint density at radius 1 is 0.692 bits per heavy atom. The maximum Gasteiger partial charge on any atom is 0.335 e. The minimum atomic E-state index is -0.942. The van der Waals surface area contributed by atoms with Gasteiger partial charge < -0.3 is 21.7 Å². The Morgan fingerprint density at radius 2 is 1.08 bits per heavy atom. The zero-order valence-electron chi connectivity index (χ0n) is 14.6. The van der Waals surface area contributed by atoms with Gasteiger partial charge in [-0.1, -0.05) is 12.8 Å². The summed E-state index contributed by atoms with van der Waals surface area (Å²) in [6.45, 7) is 0. The van der Waals surface area contributed by atoms with E-state index in [1.165, 1.54) is 0 Å². The molecule has 2 aromatic rings. The number of aromatic carboxylic acids is 2. The molecule has 0 spiro atoms. The molecule has 138 valence electrons. The Labute approximate surface area is 152 Å². The van der Waals surface area contributed by atoms with Gasteiger partial charge in [0.2, 0.25) is 0 Å². The number of benzene rings is 2. The predicted molar refractivity (Wildman–Crippen MR) is 102 cm³/mol. The van der Waals surface area contributed by atoms with Crippen molar-refractivity contribution in [2.45, 2.75) is 38.5 Å². The van der Waals surface area contributed by atoms with Crippen molar-refractivity contribution in [3.8, 4) is 0 Å². The molecule has 26 heavy (non-hydrogen) atoms. The van der Waals surface area contributed by atoms with E-state index in [9.17, 15) is 19.8 Å². The molecule has 0 heterocycles. The predicted octanol–water partition coefficient (Wildman–Crippen LogP) is 3.59. The van der Waals surface area contributed by atoms with E-state index in [0.717, 1.165) is 36.8 Å². The molecule has 0 saturated heterocycles. The van der Waals surface area contributed by atoms with E-state index >= 15 is 0 Å². The number of anilines is 2. The second-order valence-corrected chi connectivity index (χ2v) is 6.36. The van der Waals surface area contributed by atoms with Crippen LogP contribution in [-0.4, -0.2) is 22.2 Å². The minimum Gasteiger partial charge on any atom is -0.478 e. The van der Waals surface area contributed by atoms with Crippen LogP contribution in [0.1, 0.15) is 57.5 Å². The summed E-state index contributed by atoms with van der Waals surface area (Å²) in [6, 6.07) is 9.71. The number of rotatable bonds is 9. The van der Waals surface area contributed by atoms with Crippen molar-refractivity contribution in [2.24, 2.45) is 0 Å². The number of aryl methyl sites for hydroxylation is 2. The van der Waals surface area contributed by atoms with Gasteiger partial charge in [0.25, 0.3) is 0 Å². The van der Waals surface area contributed by atoms with E-state index in [0.29, 0.717) is 35.3 Å². The molecule has 0 aliphatic heterocycles. The molecule has 0 saturated carbocycles. The number of hydrogen-bond donors (Lipinski definition) is 4. The first-order chi connectivity index (χ1) is 12.4. The Bertz CT molecular complexity index is 735. The van der Waals surface area contributed by atoms with Crippen LogP contribution >= 0.6 is 0 Å². The van der Waals surface area contributed by atoms with Gasteiger partial charge in [-0.3, -0.25) is 0 Å². The molecule has 2 aromatic carbocycles. The highest BCUT2D eigenvalue weighted by Crippen LogP contribution is 2.19. The van der Waals surface area contributed by atoms with Crippen LogP contribution in [0.5, 0.6) is 0 Å². The SMILES string of the molecule is Nc1ccc(C(=O)O)c(CCCCCCc2cc(N)ccc2C(=O)O)c1. The zero-order chi connectivity index (χ0) is 19.1. The average Bonchev–Trinajstić information content (AvgIpc) is 2.57. The number of carbonyl (C=O) groups is 2. The third-order valence-electron chi connectivity index (χ3n) is 4.36. The standard InChI is InChI=1S/C20H24N2O4/c21-15-7-9-17(19(23)24)13(11-15)5-3-1-2-4-6-14-12-16(22)8-10-18(14)20(25)26/h7-12H,1-6,21-22H2,(H,23,24)(H,25,26). The molecular weight excluding hydrogens is 332 g/mol. The van der Waals surface area contributed by atoms with E-state index < -0.39 is 11.9 Å². The Morgan fingerprint density at radius 3 is 1.42 bits per heavy atom. The maximum atomic E-state index is 11.2. The van der Waals surface area contributed by atoms with Crippen LogP contribution in [0.15, 0.2) is 36.4 Å². The molecule has 0 unspecified atom stereocenters. The van der Waals surface area contributed by atoms with E-state index in [1.54, 1.807) is 36.4 Å². The first-order valence-corrected chi connectivity index (χ1v) is 8.62. The smallest absolute Gasteiger partial charge is 0.335 e. The highest BCUT2D eigenvalue weighted by Gasteiger charge is 2.11. The van der Waals surface area contributed by atoms with Crippen LogP contribution in [0.3, 0.4) is 0 Å². The zero-order valence-corrected chi connectivity index (χ0v) is 14.6. The van der Waals surface area contributed by atoms with Crippen LogP contribution in [0.4, 0.5) is 11.4 Å². The van der Waals surface area contributed by atoms with Crippen molar-refractivity contribution in [3.05, 3.63) is 58.7 Å². The fraction of sp³-hybridized carbons (Fsp3) is 0.300. The summed E-state index contributed by atoms with van der Waals surface area (Å²) in [5.41, 5.74) is 14.7. The molecule has 6 N–H and O–H groups in total. The van der Waals surface area contributed by atoms with E-state index in [2.05, 4.69) is 0 Å². The number of carboxylic acid groups (broad SMARTS) is 2. The Balaban J connectivity index is 1.82. The lowest BCUT2D eigenvalue weighted by Crippen LogP contribution is -2.04. The van der Waals surface area contributed by atoms with Crippen molar-refractivity contribution < 1.29 is 19.8 Å². The number of unbranched alkanes of at least 4 members (excludes halogenated alkanes) is 3. The number of hydrogen-bond acceptors (Lipinski definition) is 4. The fourth-order valence-corrected chi connectivity index (χ4v) is 3.04. The van der Waals surface area contributed by atoms with Crippen molar-refractivity contribution in [2.75, 3.05) is 11.5 Å². The van der Waals surface area contributed by atoms with Gasteiger partial charge in [-0.05, 0) is 73.2 Å². The van der Waals surface area contributed by atoms with Gasteiger partial charge in [-0.15, -0.1) is 0 Å². The van der Waals surface area contributed by atoms with Gasteiger partial charge in [0.15, 0.2) is 0 Å². The van der Waals surface area contributed by atoms with Crippen LogP contribution < -0.4 is 11.5 Å². The Kier molecular flexibility index (Phi) is 6.60. The lowest BCUT2D eigenvalue weighted by atomic mass is 9.98. The van der Waals surface area contributed by atoms with Gasteiger partial charge >= 0.3 is 11.9 Å². The summed E-state index contributed by atoms with van der Waals surface area (Å²) in [4.78, 5) is 22.5. The van der Waals surface area contributed by atoms with E-state index in [-0.39, 0.29) is 0 Å². The normalized spacial score (nSPS) is 10.6. The molecule has 0 fully saturated rings.